The van der Waals surface area contributed by atoms with Crippen molar-refractivity contribution in [1.29, 1.82) is 0 Å². The largest absolute Gasteiger partial charge is 0.391 e. The summed E-state index contributed by atoms with van der Waals surface area (Å²) in [4.78, 5) is 0. The predicted molar refractivity (Wildman–Crippen MR) is 76.2 cm³/mol. The smallest absolute Gasteiger partial charge is 0.132 e. The van der Waals surface area contributed by atoms with Gasteiger partial charge in [0.15, 0.2) is 0 Å². The zero-order valence-corrected chi connectivity index (χ0v) is 12.7. The van der Waals surface area contributed by atoms with Crippen molar-refractivity contribution in [2.45, 2.75) is 37.8 Å². The molecule has 6 heteroatoms. The highest BCUT2D eigenvalue weighted by atomic mass is 79.9. The number of nitrogens with two attached hydrogens (primary N) is 1. The van der Waals surface area contributed by atoms with Crippen LogP contribution in [0.1, 0.15) is 37.3 Å². The summed E-state index contributed by atoms with van der Waals surface area (Å²) < 4.78 is 27.8. The van der Waals surface area contributed by atoms with E-state index in [9.17, 15) is 13.9 Å². The van der Waals surface area contributed by atoms with Crippen molar-refractivity contribution in [3.63, 3.8) is 0 Å². The Kier molecular flexibility index (Phi) is 6.17. The highest BCUT2D eigenvalue weighted by molar-refractivity contribution is 9.10. The van der Waals surface area contributed by atoms with Crippen molar-refractivity contribution in [2.24, 2.45) is 11.7 Å². The van der Waals surface area contributed by atoms with Gasteiger partial charge < -0.3 is 10.8 Å². The molecular formula is C13H17BrClF2NO. The summed E-state index contributed by atoms with van der Waals surface area (Å²) in [5, 5.41) is 10.1. The van der Waals surface area contributed by atoms with Gasteiger partial charge in [-0.3, -0.25) is 0 Å². The Balaban J connectivity index is 0.00000180. The van der Waals surface area contributed by atoms with Crippen LogP contribution in [-0.4, -0.2) is 11.2 Å². The van der Waals surface area contributed by atoms with Crippen LogP contribution in [0.15, 0.2) is 16.6 Å². The van der Waals surface area contributed by atoms with E-state index in [0.717, 1.165) is 25.7 Å². The average Bonchev–Trinajstić information content (AvgIpc) is 2.79. The molecule has 2 atom stereocenters. The van der Waals surface area contributed by atoms with Gasteiger partial charge in [0, 0.05) is 10.0 Å². The molecule has 0 amide bonds. The molecule has 0 heterocycles. The van der Waals surface area contributed by atoms with Crippen LogP contribution >= 0.6 is 28.3 Å². The molecule has 0 aliphatic heterocycles. The summed E-state index contributed by atoms with van der Waals surface area (Å²) in [5.74, 6) is -1.39. The van der Waals surface area contributed by atoms with E-state index < -0.39 is 23.8 Å². The minimum absolute atomic E-state index is 0. The topological polar surface area (TPSA) is 46.2 Å². The van der Waals surface area contributed by atoms with Crippen LogP contribution in [0.2, 0.25) is 0 Å². The maximum atomic E-state index is 13.7. The van der Waals surface area contributed by atoms with Crippen LogP contribution in [0, 0.1) is 17.6 Å². The van der Waals surface area contributed by atoms with E-state index >= 15 is 0 Å². The average molecular weight is 357 g/mol. The van der Waals surface area contributed by atoms with Crippen LogP contribution in [0.25, 0.3) is 0 Å². The highest BCUT2D eigenvalue weighted by Crippen LogP contribution is 2.34. The molecule has 0 aromatic heterocycles. The Labute approximate surface area is 125 Å². The number of halogens is 4. The quantitative estimate of drug-likeness (QED) is 0.867. The minimum Gasteiger partial charge on any atom is -0.391 e. The maximum absolute atomic E-state index is 13.7. The van der Waals surface area contributed by atoms with Crippen LogP contribution in [0.4, 0.5) is 8.78 Å². The second-order valence-electron chi connectivity index (χ2n) is 4.84. The Morgan fingerprint density at radius 2 is 1.68 bits per heavy atom. The molecule has 2 rings (SSSR count). The third-order valence-electron chi connectivity index (χ3n) is 3.63. The molecule has 1 aliphatic rings. The van der Waals surface area contributed by atoms with E-state index in [1.807, 2.05) is 0 Å². The third-order valence-corrected chi connectivity index (χ3v) is 4.09. The second kappa shape index (κ2) is 6.97. The summed E-state index contributed by atoms with van der Waals surface area (Å²) in [7, 11) is 0. The molecule has 0 spiro atoms. The lowest BCUT2D eigenvalue weighted by molar-refractivity contribution is 0.0819. The number of aliphatic hydroxyl groups excluding tert-OH is 1. The molecule has 1 aromatic carbocycles. The van der Waals surface area contributed by atoms with Crippen molar-refractivity contribution in [2.75, 3.05) is 0 Å². The molecule has 108 valence electrons. The van der Waals surface area contributed by atoms with Gasteiger partial charge in [0.25, 0.3) is 0 Å². The molecule has 0 saturated heterocycles. The van der Waals surface area contributed by atoms with E-state index in [1.165, 1.54) is 12.1 Å². The van der Waals surface area contributed by atoms with Crippen LogP contribution in [-0.2, 0) is 0 Å². The van der Waals surface area contributed by atoms with Crippen LogP contribution in [0.5, 0.6) is 0 Å². The molecule has 19 heavy (non-hydrogen) atoms. The first kappa shape index (κ1) is 16.8. The first-order valence-corrected chi connectivity index (χ1v) is 6.88. The molecule has 0 bridgehead atoms. The first-order chi connectivity index (χ1) is 8.50. The van der Waals surface area contributed by atoms with E-state index in [2.05, 4.69) is 15.9 Å². The van der Waals surface area contributed by atoms with Gasteiger partial charge in [-0.1, -0.05) is 28.8 Å². The molecule has 1 fully saturated rings. The molecule has 3 N–H and O–H groups in total. The predicted octanol–water partition coefficient (Wildman–Crippen LogP) is 3.70. The van der Waals surface area contributed by atoms with Crippen molar-refractivity contribution >= 4 is 28.3 Å². The number of rotatable bonds is 3. The van der Waals surface area contributed by atoms with Crippen molar-refractivity contribution in [3.05, 3.63) is 33.8 Å². The Bertz CT molecular complexity index is 418. The fraction of sp³-hybridized carbons (Fsp3) is 0.538. The molecule has 1 aromatic rings. The summed E-state index contributed by atoms with van der Waals surface area (Å²) in [5.41, 5.74) is 5.60. The molecule has 2 nitrogen and oxygen atoms in total. The first-order valence-electron chi connectivity index (χ1n) is 6.09. The highest BCUT2D eigenvalue weighted by Gasteiger charge is 2.31. The second-order valence-corrected chi connectivity index (χ2v) is 5.76. The van der Waals surface area contributed by atoms with Crippen LogP contribution < -0.4 is 5.73 Å². The standard InChI is InChI=1S/C13H16BrF2NO.ClH/c14-8-5-9(15)11(10(16)6-8)12(17)13(18)7-3-1-2-4-7;/h5-7,12-13,18H,1-4,17H2;1H/t12-,13+;/m0./s1. The van der Waals surface area contributed by atoms with E-state index in [0.29, 0.717) is 4.47 Å². The van der Waals surface area contributed by atoms with Gasteiger partial charge in [0.05, 0.1) is 12.1 Å². The molecule has 0 radical (unpaired) electrons. The normalized spacial score (nSPS) is 19.0. The lowest BCUT2D eigenvalue weighted by Gasteiger charge is -2.25. The van der Waals surface area contributed by atoms with Gasteiger partial charge in [-0.25, -0.2) is 8.78 Å². The number of hydrogen-bond acceptors (Lipinski definition) is 2. The molecular weight excluding hydrogens is 340 g/mol. The lowest BCUT2D eigenvalue weighted by atomic mass is 9.90. The van der Waals surface area contributed by atoms with Gasteiger partial charge in [-0.2, -0.15) is 0 Å². The third kappa shape index (κ3) is 3.66. The summed E-state index contributed by atoms with van der Waals surface area (Å²) in [6.07, 6.45) is 2.93. The summed E-state index contributed by atoms with van der Waals surface area (Å²) >= 11 is 3.02. The van der Waals surface area contributed by atoms with Crippen molar-refractivity contribution in [1.82, 2.24) is 0 Å². The monoisotopic (exact) mass is 355 g/mol. The van der Waals surface area contributed by atoms with Gasteiger partial charge in [0.1, 0.15) is 11.6 Å². The zero-order valence-electron chi connectivity index (χ0n) is 10.3. The van der Waals surface area contributed by atoms with Crippen molar-refractivity contribution < 1.29 is 13.9 Å². The summed E-state index contributed by atoms with van der Waals surface area (Å²) in [6, 6.07) is 1.32. The van der Waals surface area contributed by atoms with Gasteiger partial charge in [0.2, 0.25) is 0 Å². The van der Waals surface area contributed by atoms with E-state index in [-0.39, 0.29) is 23.9 Å². The van der Waals surface area contributed by atoms with Gasteiger partial charge >= 0.3 is 0 Å². The fourth-order valence-corrected chi connectivity index (χ4v) is 3.04. The minimum atomic E-state index is -1.01. The van der Waals surface area contributed by atoms with Gasteiger partial charge in [-0.15, -0.1) is 12.4 Å². The SMILES string of the molecule is Cl.N[C@@H](c1c(F)cc(Br)cc1F)[C@H](O)C1CCCC1. The maximum Gasteiger partial charge on any atom is 0.132 e. The Hall–Kier alpha value is -0.230. The Morgan fingerprint density at radius 3 is 2.16 bits per heavy atom. The number of aliphatic hydroxyl groups is 1. The molecule has 0 unspecified atom stereocenters. The van der Waals surface area contributed by atoms with E-state index in [1.54, 1.807) is 0 Å². The number of benzene rings is 1. The molecule has 1 saturated carbocycles. The fourth-order valence-electron chi connectivity index (χ4n) is 2.63. The zero-order chi connectivity index (χ0) is 13.3. The summed E-state index contributed by atoms with van der Waals surface area (Å²) in [6.45, 7) is 0. The lowest BCUT2D eigenvalue weighted by Crippen LogP contribution is -2.33. The molecule has 1 aliphatic carbocycles. The van der Waals surface area contributed by atoms with Crippen LogP contribution in [0.3, 0.4) is 0 Å². The van der Waals surface area contributed by atoms with Crippen molar-refractivity contribution in [3.8, 4) is 0 Å². The number of hydrogen-bond donors (Lipinski definition) is 2. The van der Waals surface area contributed by atoms with E-state index in [4.69, 9.17) is 5.73 Å². The Morgan fingerprint density at radius 1 is 1.21 bits per heavy atom. The van der Waals surface area contributed by atoms with Gasteiger partial charge in [-0.05, 0) is 30.9 Å².